The number of nitrogens with zero attached hydrogens (tertiary/aromatic N) is 2. The Morgan fingerprint density at radius 2 is 2.20 bits per heavy atom. The van der Waals surface area contributed by atoms with Crippen LogP contribution in [0.5, 0.6) is 0 Å². The summed E-state index contributed by atoms with van der Waals surface area (Å²) in [6.07, 6.45) is 1.06. The van der Waals surface area contributed by atoms with Gasteiger partial charge in [0.05, 0.1) is 18.2 Å². The summed E-state index contributed by atoms with van der Waals surface area (Å²) in [4.78, 5) is 14.2. The molecule has 106 valence electrons. The van der Waals surface area contributed by atoms with E-state index in [0.29, 0.717) is 30.6 Å². The maximum absolute atomic E-state index is 12.0. The first-order valence-electron chi connectivity index (χ1n) is 6.86. The van der Waals surface area contributed by atoms with Gasteiger partial charge in [0, 0.05) is 18.3 Å². The number of nitrogens with two attached hydrogens (primary N) is 1. The molecule has 0 radical (unpaired) electrons. The zero-order valence-electron chi connectivity index (χ0n) is 11.7. The van der Waals surface area contributed by atoms with Crippen molar-refractivity contribution in [3.63, 3.8) is 0 Å². The minimum atomic E-state index is -0.0285. The van der Waals surface area contributed by atoms with Crippen molar-refractivity contribution in [2.45, 2.75) is 19.4 Å². The van der Waals surface area contributed by atoms with Crippen molar-refractivity contribution in [3.8, 4) is 6.07 Å². The highest BCUT2D eigenvalue weighted by atomic mass is 16.2. The standard InChI is InChI=1S/C15H20N4O/c1-11-6-13(8-17)9-19(11)10-15(20)18-14-4-2-12(7-16)3-5-14/h2-5,11,13H,6,8-10,17H2,1H3,(H,18,20). The molecule has 1 aliphatic heterocycles. The van der Waals surface area contributed by atoms with Crippen molar-refractivity contribution in [1.29, 1.82) is 5.26 Å². The van der Waals surface area contributed by atoms with E-state index in [1.807, 2.05) is 0 Å². The van der Waals surface area contributed by atoms with Crippen LogP contribution in [0.15, 0.2) is 24.3 Å². The monoisotopic (exact) mass is 272 g/mol. The van der Waals surface area contributed by atoms with Crippen molar-refractivity contribution < 1.29 is 4.79 Å². The van der Waals surface area contributed by atoms with Gasteiger partial charge >= 0.3 is 0 Å². The van der Waals surface area contributed by atoms with Crippen molar-refractivity contribution in [1.82, 2.24) is 4.90 Å². The average Bonchev–Trinajstić information content (AvgIpc) is 2.80. The quantitative estimate of drug-likeness (QED) is 0.862. The van der Waals surface area contributed by atoms with Gasteiger partial charge < -0.3 is 11.1 Å². The average molecular weight is 272 g/mol. The van der Waals surface area contributed by atoms with Gasteiger partial charge in [0.25, 0.3) is 0 Å². The topological polar surface area (TPSA) is 82.2 Å². The Morgan fingerprint density at radius 3 is 2.75 bits per heavy atom. The van der Waals surface area contributed by atoms with Crippen molar-refractivity contribution in [2.24, 2.45) is 11.7 Å². The van der Waals surface area contributed by atoms with Gasteiger partial charge in [0.1, 0.15) is 0 Å². The van der Waals surface area contributed by atoms with E-state index in [-0.39, 0.29) is 5.91 Å². The molecule has 0 aliphatic carbocycles. The van der Waals surface area contributed by atoms with Gasteiger partial charge in [0.2, 0.25) is 5.91 Å². The highest BCUT2D eigenvalue weighted by Gasteiger charge is 2.29. The zero-order chi connectivity index (χ0) is 14.5. The number of likely N-dealkylation sites (tertiary alicyclic amines) is 1. The second kappa shape index (κ2) is 6.51. The van der Waals surface area contributed by atoms with Gasteiger partial charge in [-0.25, -0.2) is 0 Å². The number of rotatable bonds is 4. The molecular weight excluding hydrogens is 252 g/mol. The number of hydrogen-bond donors (Lipinski definition) is 2. The number of carbonyl (C=O) groups is 1. The Labute approximate surface area is 119 Å². The number of carbonyl (C=O) groups excluding carboxylic acids is 1. The molecule has 2 unspecified atom stereocenters. The highest BCUT2D eigenvalue weighted by molar-refractivity contribution is 5.92. The fourth-order valence-electron chi connectivity index (χ4n) is 2.62. The summed E-state index contributed by atoms with van der Waals surface area (Å²) in [5.74, 6) is 0.465. The number of nitriles is 1. The molecular formula is C15H20N4O. The maximum atomic E-state index is 12.0. The van der Waals surface area contributed by atoms with E-state index in [0.717, 1.165) is 18.7 Å². The molecule has 1 heterocycles. The van der Waals surface area contributed by atoms with Gasteiger partial charge in [-0.2, -0.15) is 5.26 Å². The molecule has 1 amide bonds. The van der Waals surface area contributed by atoms with Gasteiger partial charge in [-0.05, 0) is 50.1 Å². The van der Waals surface area contributed by atoms with Gasteiger partial charge in [0.15, 0.2) is 0 Å². The molecule has 0 saturated carbocycles. The molecule has 0 aromatic heterocycles. The Morgan fingerprint density at radius 1 is 1.50 bits per heavy atom. The molecule has 5 nitrogen and oxygen atoms in total. The van der Waals surface area contributed by atoms with Gasteiger partial charge in [-0.3, -0.25) is 9.69 Å². The van der Waals surface area contributed by atoms with Crippen LogP contribution in [0, 0.1) is 17.2 Å². The fraction of sp³-hybridized carbons (Fsp3) is 0.467. The number of hydrogen-bond acceptors (Lipinski definition) is 4. The van der Waals surface area contributed by atoms with Crippen LogP contribution in [-0.2, 0) is 4.79 Å². The molecule has 1 saturated heterocycles. The van der Waals surface area contributed by atoms with Crippen LogP contribution < -0.4 is 11.1 Å². The van der Waals surface area contributed by atoms with E-state index in [2.05, 4.69) is 23.2 Å². The van der Waals surface area contributed by atoms with Crippen LogP contribution >= 0.6 is 0 Å². The Hall–Kier alpha value is -1.90. The molecule has 2 atom stereocenters. The van der Waals surface area contributed by atoms with Crippen LogP contribution in [0.2, 0.25) is 0 Å². The van der Waals surface area contributed by atoms with Crippen molar-refractivity contribution in [2.75, 3.05) is 25.0 Å². The minimum absolute atomic E-state index is 0.0285. The summed E-state index contributed by atoms with van der Waals surface area (Å²) in [6.45, 7) is 4.08. The lowest BCUT2D eigenvalue weighted by Crippen LogP contribution is -2.36. The molecule has 1 fully saturated rings. The molecule has 1 aromatic rings. The first-order chi connectivity index (χ1) is 9.62. The highest BCUT2D eigenvalue weighted by Crippen LogP contribution is 2.21. The Bertz CT molecular complexity index is 506. The van der Waals surface area contributed by atoms with Gasteiger partial charge in [-0.15, -0.1) is 0 Å². The van der Waals surface area contributed by atoms with Crippen LogP contribution in [0.4, 0.5) is 5.69 Å². The van der Waals surface area contributed by atoms with Gasteiger partial charge in [-0.1, -0.05) is 0 Å². The van der Waals surface area contributed by atoms with Crippen molar-refractivity contribution >= 4 is 11.6 Å². The largest absolute Gasteiger partial charge is 0.330 e. The summed E-state index contributed by atoms with van der Waals surface area (Å²) in [7, 11) is 0. The number of amides is 1. The van der Waals surface area contributed by atoms with Crippen molar-refractivity contribution in [3.05, 3.63) is 29.8 Å². The molecule has 20 heavy (non-hydrogen) atoms. The number of anilines is 1. The summed E-state index contributed by atoms with van der Waals surface area (Å²) < 4.78 is 0. The molecule has 5 heteroatoms. The Kier molecular flexibility index (Phi) is 4.72. The van der Waals surface area contributed by atoms with Crippen LogP contribution in [0.3, 0.4) is 0 Å². The summed E-state index contributed by atoms with van der Waals surface area (Å²) >= 11 is 0. The van der Waals surface area contributed by atoms with Crippen LogP contribution in [-0.4, -0.2) is 36.5 Å². The normalized spacial score (nSPS) is 22.4. The Balaban J connectivity index is 1.87. The molecule has 0 spiro atoms. The predicted molar refractivity (Wildman–Crippen MR) is 78.0 cm³/mol. The first kappa shape index (κ1) is 14.5. The second-order valence-electron chi connectivity index (χ2n) is 5.35. The summed E-state index contributed by atoms with van der Waals surface area (Å²) in [5.41, 5.74) is 6.99. The number of nitrogens with one attached hydrogen (secondary N) is 1. The fourth-order valence-corrected chi connectivity index (χ4v) is 2.62. The maximum Gasteiger partial charge on any atom is 0.238 e. The lowest BCUT2D eigenvalue weighted by molar-refractivity contribution is -0.117. The third-order valence-electron chi connectivity index (χ3n) is 3.77. The van der Waals surface area contributed by atoms with E-state index in [1.165, 1.54) is 0 Å². The second-order valence-corrected chi connectivity index (χ2v) is 5.35. The summed E-state index contributed by atoms with van der Waals surface area (Å²) in [5, 5.41) is 11.6. The molecule has 1 aliphatic rings. The molecule has 0 bridgehead atoms. The lowest BCUT2D eigenvalue weighted by Gasteiger charge is -2.20. The molecule has 3 N–H and O–H groups in total. The zero-order valence-corrected chi connectivity index (χ0v) is 11.7. The molecule has 2 rings (SSSR count). The SMILES string of the molecule is CC1CC(CN)CN1CC(=O)Nc1ccc(C#N)cc1. The number of benzene rings is 1. The third kappa shape index (κ3) is 3.56. The smallest absolute Gasteiger partial charge is 0.238 e. The van der Waals surface area contributed by atoms with Crippen LogP contribution in [0.1, 0.15) is 18.9 Å². The third-order valence-corrected chi connectivity index (χ3v) is 3.77. The first-order valence-corrected chi connectivity index (χ1v) is 6.86. The van der Waals surface area contributed by atoms with E-state index in [1.54, 1.807) is 24.3 Å². The van der Waals surface area contributed by atoms with E-state index in [9.17, 15) is 4.79 Å². The van der Waals surface area contributed by atoms with Crippen LogP contribution in [0.25, 0.3) is 0 Å². The van der Waals surface area contributed by atoms with E-state index in [4.69, 9.17) is 11.0 Å². The predicted octanol–water partition coefficient (Wildman–Crippen LogP) is 1.17. The minimum Gasteiger partial charge on any atom is -0.330 e. The van der Waals surface area contributed by atoms with E-state index >= 15 is 0 Å². The van der Waals surface area contributed by atoms with E-state index < -0.39 is 0 Å². The molecule has 1 aromatic carbocycles. The summed E-state index contributed by atoms with van der Waals surface area (Å²) in [6, 6.07) is 9.32. The lowest BCUT2D eigenvalue weighted by atomic mass is 10.1.